The van der Waals surface area contributed by atoms with E-state index in [1.165, 1.54) is 12.1 Å². The summed E-state index contributed by atoms with van der Waals surface area (Å²) in [6.45, 7) is 0. The molecule has 1 aliphatic rings. The van der Waals surface area contributed by atoms with Gasteiger partial charge in [-0.05, 0) is 52.0 Å². The number of nitro benzene ring substituents is 1. The molecule has 1 aromatic carbocycles. The van der Waals surface area contributed by atoms with E-state index in [4.69, 9.17) is 11.6 Å². The van der Waals surface area contributed by atoms with Crippen LogP contribution >= 0.6 is 27.5 Å². The number of nitrogens with zero attached hydrogens (tertiary/aromatic N) is 2. The molecule has 1 fully saturated rings. The van der Waals surface area contributed by atoms with Crippen molar-refractivity contribution in [2.75, 3.05) is 5.32 Å². The number of nitro groups is 1. The van der Waals surface area contributed by atoms with E-state index in [2.05, 4.69) is 26.2 Å². The minimum absolute atomic E-state index is 0.0679. The fraction of sp³-hybridized carbons (Fsp3) is 0.368. The molecule has 1 atom stereocenters. The van der Waals surface area contributed by atoms with Gasteiger partial charge in [0.2, 0.25) is 5.91 Å². The summed E-state index contributed by atoms with van der Waals surface area (Å²) in [6, 6.07) is 8.10. The molecule has 1 aromatic heterocycles. The minimum Gasteiger partial charge on any atom is -0.310 e. The van der Waals surface area contributed by atoms with E-state index in [9.17, 15) is 14.9 Å². The van der Waals surface area contributed by atoms with Crippen molar-refractivity contribution in [2.45, 2.75) is 38.0 Å². The van der Waals surface area contributed by atoms with Crippen molar-refractivity contribution in [1.29, 1.82) is 0 Å². The lowest BCUT2D eigenvalue weighted by Crippen LogP contribution is -2.23. The topological polar surface area (TPSA) is 85.1 Å². The van der Waals surface area contributed by atoms with Crippen LogP contribution in [0.3, 0.4) is 0 Å². The summed E-state index contributed by atoms with van der Waals surface area (Å²) in [7, 11) is 0. The van der Waals surface area contributed by atoms with E-state index < -0.39 is 10.8 Å². The molecule has 27 heavy (non-hydrogen) atoms. The zero-order valence-corrected chi connectivity index (χ0v) is 16.9. The predicted molar refractivity (Wildman–Crippen MR) is 108 cm³/mol. The number of benzene rings is 1. The van der Waals surface area contributed by atoms with Crippen molar-refractivity contribution in [3.05, 3.63) is 61.7 Å². The molecular weight excluding hydrogens is 434 g/mol. The molecule has 1 saturated carbocycles. The molecule has 0 spiro atoms. The fourth-order valence-electron chi connectivity index (χ4n) is 3.52. The number of hydrogen-bond acceptors (Lipinski definition) is 4. The standard InChI is InChI=1S/C19H19BrClN3O3/c20-14-6-8-18(22-11-14)23-19(25)15(9-12-3-1-2-4-12)13-5-7-16(21)17(10-13)24(26)27/h5-8,10-12,15H,1-4,9H2,(H,22,23,25). The maximum atomic E-state index is 13.0. The van der Waals surface area contributed by atoms with Crippen LogP contribution in [0, 0.1) is 16.0 Å². The summed E-state index contributed by atoms with van der Waals surface area (Å²) in [6.07, 6.45) is 6.74. The highest BCUT2D eigenvalue weighted by Gasteiger charge is 2.28. The summed E-state index contributed by atoms with van der Waals surface area (Å²) in [5.41, 5.74) is 0.424. The first-order valence-corrected chi connectivity index (χ1v) is 9.97. The van der Waals surface area contributed by atoms with Crippen LogP contribution in [0.5, 0.6) is 0 Å². The van der Waals surface area contributed by atoms with E-state index >= 15 is 0 Å². The number of carbonyl (C=O) groups excluding carboxylic acids is 1. The number of amides is 1. The van der Waals surface area contributed by atoms with Gasteiger partial charge in [-0.25, -0.2) is 4.98 Å². The average Bonchev–Trinajstić information content (AvgIpc) is 3.15. The van der Waals surface area contributed by atoms with Crippen LogP contribution in [0.1, 0.15) is 43.6 Å². The molecule has 0 saturated heterocycles. The zero-order chi connectivity index (χ0) is 19.4. The van der Waals surface area contributed by atoms with Gasteiger partial charge in [0.1, 0.15) is 10.8 Å². The largest absolute Gasteiger partial charge is 0.310 e. The lowest BCUT2D eigenvalue weighted by atomic mass is 9.87. The van der Waals surface area contributed by atoms with Gasteiger partial charge in [-0.1, -0.05) is 43.4 Å². The number of anilines is 1. The first-order chi connectivity index (χ1) is 12.9. The number of hydrogen-bond donors (Lipinski definition) is 1. The van der Waals surface area contributed by atoms with Gasteiger partial charge in [-0.3, -0.25) is 14.9 Å². The molecule has 0 aliphatic heterocycles. The van der Waals surface area contributed by atoms with Crippen LogP contribution in [0.25, 0.3) is 0 Å². The van der Waals surface area contributed by atoms with E-state index in [1.54, 1.807) is 24.4 Å². The van der Waals surface area contributed by atoms with Crippen LogP contribution in [0.15, 0.2) is 41.0 Å². The number of carbonyl (C=O) groups is 1. The highest BCUT2D eigenvalue weighted by atomic mass is 79.9. The average molecular weight is 453 g/mol. The molecule has 1 heterocycles. The Morgan fingerprint density at radius 1 is 1.33 bits per heavy atom. The highest BCUT2D eigenvalue weighted by molar-refractivity contribution is 9.10. The Morgan fingerprint density at radius 2 is 2.07 bits per heavy atom. The van der Waals surface area contributed by atoms with Gasteiger partial charge >= 0.3 is 0 Å². The summed E-state index contributed by atoms with van der Waals surface area (Å²) in [5.74, 6) is 0.180. The number of nitrogens with one attached hydrogen (secondary N) is 1. The molecule has 0 radical (unpaired) electrons. The van der Waals surface area contributed by atoms with Gasteiger partial charge in [-0.2, -0.15) is 0 Å². The second-order valence-corrected chi connectivity index (χ2v) is 8.08. The molecule has 3 rings (SSSR count). The van der Waals surface area contributed by atoms with E-state index in [0.29, 0.717) is 23.7 Å². The number of aromatic nitrogens is 1. The SMILES string of the molecule is O=C(Nc1ccc(Br)cn1)C(CC1CCCC1)c1ccc(Cl)c([N+](=O)[O-])c1. The van der Waals surface area contributed by atoms with Crippen LogP contribution in [0.4, 0.5) is 11.5 Å². The molecule has 0 bridgehead atoms. The molecule has 6 nitrogen and oxygen atoms in total. The quantitative estimate of drug-likeness (QED) is 0.449. The second-order valence-electron chi connectivity index (χ2n) is 6.76. The number of rotatable bonds is 6. The van der Waals surface area contributed by atoms with E-state index in [-0.39, 0.29) is 16.6 Å². The van der Waals surface area contributed by atoms with Crippen LogP contribution in [0.2, 0.25) is 5.02 Å². The van der Waals surface area contributed by atoms with Crippen molar-refractivity contribution in [3.8, 4) is 0 Å². The van der Waals surface area contributed by atoms with Crippen LogP contribution in [-0.4, -0.2) is 15.8 Å². The van der Waals surface area contributed by atoms with Gasteiger partial charge in [0.15, 0.2) is 0 Å². The van der Waals surface area contributed by atoms with Gasteiger partial charge < -0.3 is 5.32 Å². The molecule has 1 N–H and O–H groups in total. The molecule has 1 amide bonds. The first kappa shape index (κ1) is 19.8. The predicted octanol–water partition coefficient (Wildman–Crippen LogP) is 5.71. The number of pyridine rings is 1. The van der Waals surface area contributed by atoms with Crippen molar-refractivity contribution in [1.82, 2.24) is 4.98 Å². The third-order valence-electron chi connectivity index (χ3n) is 4.91. The maximum Gasteiger partial charge on any atom is 0.288 e. The molecule has 1 aliphatic carbocycles. The summed E-state index contributed by atoms with van der Waals surface area (Å²) < 4.78 is 0.816. The molecule has 142 valence electrons. The Kier molecular flexibility index (Phi) is 6.44. The Hall–Kier alpha value is -1.99. The molecular formula is C19H19BrClN3O3. The Labute approximate surface area is 170 Å². The number of halogens is 2. The maximum absolute atomic E-state index is 13.0. The summed E-state index contributed by atoms with van der Waals surface area (Å²) >= 11 is 9.25. The first-order valence-electron chi connectivity index (χ1n) is 8.80. The zero-order valence-electron chi connectivity index (χ0n) is 14.5. The lowest BCUT2D eigenvalue weighted by molar-refractivity contribution is -0.384. The monoisotopic (exact) mass is 451 g/mol. The van der Waals surface area contributed by atoms with Gasteiger partial charge in [-0.15, -0.1) is 0 Å². The molecule has 8 heteroatoms. The van der Waals surface area contributed by atoms with Crippen molar-refractivity contribution in [3.63, 3.8) is 0 Å². The van der Waals surface area contributed by atoms with Gasteiger partial charge in [0.05, 0.1) is 10.8 Å². The molecule has 2 aromatic rings. The highest BCUT2D eigenvalue weighted by Crippen LogP contribution is 2.37. The van der Waals surface area contributed by atoms with Crippen LogP contribution < -0.4 is 5.32 Å². The van der Waals surface area contributed by atoms with Crippen molar-refractivity contribution >= 4 is 44.9 Å². The van der Waals surface area contributed by atoms with E-state index in [1.807, 2.05) is 0 Å². The molecule has 1 unspecified atom stereocenters. The van der Waals surface area contributed by atoms with Crippen molar-refractivity contribution in [2.24, 2.45) is 5.92 Å². The van der Waals surface area contributed by atoms with Gasteiger partial charge in [0.25, 0.3) is 5.69 Å². The normalized spacial score (nSPS) is 15.5. The fourth-order valence-corrected chi connectivity index (χ4v) is 3.94. The Morgan fingerprint density at radius 3 is 2.70 bits per heavy atom. The Bertz CT molecular complexity index is 839. The minimum atomic E-state index is -0.521. The second kappa shape index (κ2) is 8.80. The smallest absolute Gasteiger partial charge is 0.288 e. The van der Waals surface area contributed by atoms with Crippen LogP contribution in [-0.2, 0) is 4.79 Å². The van der Waals surface area contributed by atoms with E-state index in [0.717, 1.165) is 30.2 Å². The van der Waals surface area contributed by atoms with Gasteiger partial charge in [0, 0.05) is 16.7 Å². The third-order valence-corrected chi connectivity index (χ3v) is 5.70. The summed E-state index contributed by atoms with van der Waals surface area (Å²) in [5, 5.41) is 14.1. The Balaban J connectivity index is 1.88. The van der Waals surface area contributed by atoms with Crippen molar-refractivity contribution < 1.29 is 9.72 Å². The third kappa shape index (κ3) is 5.05. The summed E-state index contributed by atoms with van der Waals surface area (Å²) in [4.78, 5) is 27.9. The lowest BCUT2D eigenvalue weighted by Gasteiger charge is -2.20.